The highest BCUT2D eigenvalue weighted by Gasteiger charge is 2.33. The smallest absolute Gasteiger partial charge is 0.123 e. The van der Waals surface area contributed by atoms with Gasteiger partial charge < -0.3 is 14.8 Å². The van der Waals surface area contributed by atoms with Gasteiger partial charge >= 0.3 is 0 Å². The minimum absolute atomic E-state index is 0.222. The minimum Gasteiger partial charge on any atom is -0.508 e. The first-order chi connectivity index (χ1) is 16.2. The zero-order chi connectivity index (χ0) is 22.4. The number of aldehydes is 1. The molecule has 2 atom stereocenters. The molecule has 0 saturated carbocycles. The van der Waals surface area contributed by atoms with Crippen LogP contribution in [0.4, 0.5) is 5.69 Å². The van der Waals surface area contributed by atoms with Gasteiger partial charge in [-0.1, -0.05) is 36.4 Å². The van der Waals surface area contributed by atoms with Gasteiger partial charge in [0.15, 0.2) is 0 Å². The van der Waals surface area contributed by atoms with Crippen LogP contribution in [0.1, 0.15) is 64.5 Å². The Bertz CT molecular complexity index is 1170. The average Bonchev–Trinajstić information content (AvgIpc) is 2.84. The van der Waals surface area contributed by atoms with E-state index in [0.717, 1.165) is 45.1 Å². The third kappa shape index (κ3) is 3.74. The molecule has 0 radical (unpaired) electrons. The number of piperidine rings is 1. The van der Waals surface area contributed by atoms with Gasteiger partial charge in [0.1, 0.15) is 12.0 Å². The molecule has 3 nitrogen and oxygen atoms in total. The van der Waals surface area contributed by atoms with E-state index < -0.39 is 0 Å². The van der Waals surface area contributed by atoms with Gasteiger partial charge in [-0.2, -0.15) is 0 Å². The molecule has 1 saturated heterocycles. The van der Waals surface area contributed by atoms with E-state index in [9.17, 15) is 9.90 Å². The fraction of sp³-hybridized carbons (Fsp3) is 0.367. The number of aryl methyl sites for hydroxylation is 3. The van der Waals surface area contributed by atoms with E-state index >= 15 is 0 Å². The van der Waals surface area contributed by atoms with Gasteiger partial charge in [0, 0.05) is 30.6 Å². The molecule has 33 heavy (non-hydrogen) atoms. The van der Waals surface area contributed by atoms with Crippen LogP contribution in [0.5, 0.6) is 5.75 Å². The van der Waals surface area contributed by atoms with Gasteiger partial charge in [0.05, 0.1) is 0 Å². The molecule has 0 spiro atoms. The number of phenolic OH excluding ortho intramolecular Hbond substituents is 1. The van der Waals surface area contributed by atoms with Crippen LogP contribution >= 0.6 is 0 Å². The van der Waals surface area contributed by atoms with Gasteiger partial charge in [-0.05, 0) is 102 Å². The topological polar surface area (TPSA) is 40.5 Å². The molecule has 168 valence electrons. The predicted molar refractivity (Wildman–Crippen MR) is 132 cm³/mol. The largest absolute Gasteiger partial charge is 0.508 e. The molecule has 6 rings (SSSR count). The number of carbonyl (C=O) groups is 1. The molecule has 3 aromatic carbocycles. The summed E-state index contributed by atoms with van der Waals surface area (Å²) in [5.41, 5.74) is 9.72. The van der Waals surface area contributed by atoms with E-state index in [0.29, 0.717) is 17.6 Å². The van der Waals surface area contributed by atoms with Crippen molar-refractivity contribution >= 4 is 12.0 Å². The molecule has 2 aliphatic carbocycles. The number of rotatable bonds is 4. The summed E-state index contributed by atoms with van der Waals surface area (Å²) in [7, 11) is 0. The van der Waals surface area contributed by atoms with Crippen molar-refractivity contribution in [1.82, 2.24) is 0 Å². The van der Waals surface area contributed by atoms with Crippen molar-refractivity contribution in [3.8, 4) is 5.75 Å². The molecule has 1 fully saturated rings. The summed E-state index contributed by atoms with van der Waals surface area (Å²) in [5.74, 6) is 1.32. The molecule has 1 N–H and O–H groups in total. The maximum atomic E-state index is 11.1. The average molecular weight is 438 g/mol. The highest BCUT2D eigenvalue weighted by atomic mass is 16.3. The lowest BCUT2D eigenvalue weighted by molar-refractivity contribution is -0.111. The quantitative estimate of drug-likeness (QED) is 0.527. The lowest BCUT2D eigenvalue weighted by atomic mass is 9.68. The number of phenols is 1. The van der Waals surface area contributed by atoms with Gasteiger partial charge in [-0.3, -0.25) is 0 Å². The summed E-state index contributed by atoms with van der Waals surface area (Å²) >= 11 is 0. The van der Waals surface area contributed by atoms with Crippen molar-refractivity contribution in [1.29, 1.82) is 0 Å². The molecule has 3 aliphatic rings. The lowest BCUT2D eigenvalue weighted by Gasteiger charge is -2.36. The van der Waals surface area contributed by atoms with E-state index in [4.69, 9.17) is 0 Å². The summed E-state index contributed by atoms with van der Waals surface area (Å²) < 4.78 is 0. The normalized spacial score (nSPS) is 22.2. The van der Waals surface area contributed by atoms with E-state index in [2.05, 4.69) is 53.4 Å². The van der Waals surface area contributed by atoms with Crippen molar-refractivity contribution in [2.24, 2.45) is 5.92 Å². The summed E-state index contributed by atoms with van der Waals surface area (Å²) in [4.78, 5) is 13.5. The Morgan fingerprint density at radius 2 is 1.52 bits per heavy atom. The van der Waals surface area contributed by atoms with Crippen LogP contribution in [0.3, 0.4) is 0 Å². The Hall–Kier alpha value is -3.07. The minimum atomic E-state index is 0.222. The number of aromatic hydroxyl groups is 1. The lowest BCUT2D eigenvalue weighted by Crippen LogP contribution is -2.34. The maximum Gasteiger partial charge on any atom is 0.123 e. The van der Waals surface area contributed by atoms with Crippen molar-refractivity contribution in [3.63, 3.8) is 0 Å². The molecule has 3 heteroatoms. The van der Waals surface area contributed by atoms with Crippen LogP contribution in [-0.4, -0.2) is 24.5 Å². The number of fused-ring (bicyclic) bond motifs is 2. The zero-order valence-corrected chi connectivity index (χ0v) is 19.0. The molecule has 0 aromatic heterocycles. The highest BCUT2D eigenvalue weighted by Crippen LogP contribution is 2.48. The number of carbonyl (C=O) groups excluding carboxylic acids is 1. The Kier molecular flexibility index (Phi) is 5.21. The molecule has 3 aromatic rings. The van der Waals surface area contributed by atoms with Crippen molar-refractivity contribution in [2.75, 3.05) is 18.0 Å². The van der Waals surface area contributed by atoms with Crippen LogP contribution in [0.2, 0.25) is 0 Å². The fourth-order valence-corrected chi connectivity index (χ4v) is 6.21. The Morgan fingerprint density at radius 1 is 0.758 bits per heavy atom. The van der Waals surface area contributed by atoms with Gasteiger partial charge in [0.25, 0.3) is 0 Å². The molecule has 0 unspecified atom stereocenters. The summed E-state index contributed by atoms with van der Waals surface area (Å²) in [6, 6.07) is 22.2. The van der Waals surface area contributed by atoms with Crippen LogP contribution in [-0.2, 0) is 24.1 Å². The Balaban J connectivity index is 1.34. The third-order valence-corrected chi connectivity index (χ3v) is 8.26. The van der Waals surface area contributed by atoms with Crippen molar-refractivity contribution < 1.29 is 9.90 Å². The molecule has 1 heterocycles. The first-order valence-electron chi connectivity index (χ1n) is 12.4. The SMILES string of the molecule is O=CC1CCN(c2ccc([C@@H]3c4ccc(O)cc4CC[C@@H]3c3ccc4c(c3)CC4)cc2)CC1. The second-order valence-electron chi connectivity index (χ2n) is 10.1. The van der Waals surface area contributed by atoms with E-state index in [-0.39, 0.29) is 5.92 Å². The fourth-order valence-electron chi connectivity index (χ4n) is 6.21. The number of anilines is 1. The molecule has 1 aliphatic heterocycles. The van der Waals surface area contributed by atoms with E-state index in [1.165, 1.54) is 51.9 Å². The molecular weight excluding hydrogens is 406 g/mol. The monoisotopic (exact) mass is 437 g/mol. The highest BCUT2D eigenvalue weighted by molar-refractivity contribution is 5.56. The van der Waals surface area contributed by atoms with E-state index in [1.54, 1.807) is 0 Å². The maximum absolute atomic E-state index is 11.1. The zero-order valence-electron chi connectivity index (χ0n) is 19.0. The molecule has 0 amide bonds. The first-order valence-corrected chi connectivity index (χ1v) is 12.4. The Labute approximate surface area is 196 Å². The van der Waals surface area contributed by atoms with Crippen LogP contribution in [0.15, 0.2) is 60.7 Å². The van der Waals surface area contributed by atoms with Gasteiger partial charge in [-0.15, -0.1) is 0 Å². The van der Waals surface area contributed by atoms with Crippen LogP contribution in [0.25, 0.3) is 0 Å². The van der Waals surface area contributed by atoms with Crippen molar-refractivity contribution in [2.45, 2.75) is 50.4 Å². The van der Waals surface area contributed by atoms with Gasteiger partial charge in [-0.25, -0.2) is 0 Å². The number of benzene rings is 3. The summed E-state index contributed by atoms with van der Waals surface area (Å²) in [6.07, 6.45) is 7.55. The summed E-state index contributed by atoms with van der Waals surface area (Å²) in [5, 5.41) is 10.1. The first kappa shape index (κ1) is 20.5. The van der Waals surface area contributed by atoms with Crippen LogP contribution < -0.4 is 4.90 Å². The third-order valence-electron chi connectivity index (χ3n) is 8.26. The van der Waals surface area contributed by atoms with Crippen LogP contribution in [0, 0.1) is 5.92 Å². The molecular formula is C30H31NO2. The van der Waals surface area contributed by atoms with Crippen molar-refractivity contribution in [3.05, 3.63) is 94.0 Å². The summed E-state index contributed by atoms with van der Waals surface area (Å²) in [6.45, 7) is 1.90. The standard InChI is InChI=1S/C30H31NO2/c32-19-20-13-15-31(16-14-20)26-8-5-22(6-9-26)30-28(24-4-2-21-1-3-23(21)17-24)11-7-25-18-27(33)10-12-29(25)30/h2,4-6,8-10,12,17-20,28,30,33H,1,3,7,11,13-16H2/t28-,30+/m1/s1. The second kappa shape index (κ2) is 8.37. The molecule has 0 bridgehead atoms. The Morgan fingerprint density at radius 3 is 2.21 bits per heavy atom. The van der Waals surface area contributed by atoms with E-state index in [1.807, 2.05) is 12.1 Å². The second-order valence-corrected chi connectivity index (χ2v) is 10.1. The number of hydrogen-bond donors (Lipinski definition) is 1. The number of nitrogens with zero attached hydrogens (tertiary/aromatic N) is 1. The predicted octanol–water partition coefficient (Wildman–Crippen LogP) is 5.77. The number of hydrogen-bond acceptors (Lipinski definition) is 3. The van der Waals surface area contributed by atoms with Gasteiger partial charge in [0.2, 0.25) is 0 Å².